The van der Waals surface area contributed by atoms with E-state index in [0.29, 0.717) is 0 Å². The van der Waals surface area contributed by atoms with Crippen LogP contribution in [0.1, 0.15) is 19.8 Å². The Morgan fingerprint density at radius 3 is 2.61 bits per heavy atom. The van der Waals surface area contributed by atoms with Crippen LogP contribution >= 0.6 is 11.6 Å². The predicted molar refractivity (Wildman–Crippen MR) is 70.0 cm³/mol. The number of aliphatic hydroxyl groups is 1. The van der Waals surface area contributed by atoms with Crippen molar-refractivity contribution in [1.29, 1.82) is 0 Å². The third kappa shape index (κ3) is 3.03. The Morgan fingerprint density at radius 1 is 1.44 bits per heavy atom. The maximum Gasteiger partial charge on any atom is 0.242 e. The lowest BCUT2D eigenvalue weighted by molar-refractivity contribution is 0.0422. The average Bonchev–Trinajstić information content (AvgIpc) is 3.11. The first-order valence-corrected chi connectivity index (χ1v) is 7.65. The zero-order valence-corrected chi connectivity index (χ0v) is 11.6. The summed E-state index contributed by atoms with van der Waals surface area (Å²) in [5, 5.41) is 10.3. The van der Waals surface area contributed by atoms with Crippen molar-refractivity contribution in [3.63, 3.8) is 0 Å². The van der Waals surface area contributed by atoms with Gasteiger partial charge in [-0.05, 0) is 37.8 Å². The monoisotopic (exact) mass is 289 g/mol. The van der Waals surface area contributed by atoms with Crippen LogP contribution in [0.5, 0.6) is 0 Å². The quantitative estimate of drug-likeness (QED) is 0.868. The van der Waals surface area contributed by atoms with Gasteiger partial charge < -0.3 is 5.11 Å². The SMILES string of the molecule is C[C@](O)(CNS(=O)(=O)c1ccccc1Cl)C1CC1. The molecule has 1 aromatic rings. The van der Waals surface area contributed by atoms with Crippen molar-refractivity contribution < 1.29 is 13.5 Å². The fourth-order valence-corrected chi connectivity index (χ4v) is 3.49. The Morgan fingerprint density at radius 2 is 2.06 bits per heavy atom. The van der Waals surface area contributed by atoms with Crippen LogP contribution in [0.4, 0.5) is 0 Å². The van der Waals surface area contributed by atoms with Crippen molar-refractivity contribution in [2.75, 3.05) is 6.54 Å². The maximum atomic E-state index is 12.0. The second-order valence-electron chi connectivity index (χ2n) is 4.89. The molecule has 0 spiro atoms. The van der Waals surface area contributed by atoms with Gasteiger partial charge in [0.1, 0.15) is 4.90 Å². The Hall–Kier alpha value is -0.620. The van der Waals surface area contributed by atoms with Crippen molar-refractivity contribution in [1.82, 2.24) is 4.72 Å². The van der Waals surface area contributed by atoms with E-state index < -0.39 is 15.6 Å². The third-order valence-electron chi connectivity index (χ3n) is 3.20. The Balaban J connectivity index is 2.11. The van der Waals surface area contributed by atoms with E-state index in [0.717, 1.165) is 12.8 Å². The second kappa shape index (κ2) is 4.81. The van der Waals surface area contributed by atoms with Crippen LogP contribution in [0.3, 0.4) is 0 Å². The molecule has 0 radical (unpaired) electrons. The first-order valence-electron chi connectivity index (χ1n) is 5.79. The largest absolute Gasteiger partial charge is 0.389 e. The highest BCUT2D eigenvalue weighted by Gasteiger charge is 2.40. The van der Waals surface area contributed by atoms with Crippen molar-refractivity contribution in [2.24, 2.45) is 5.92 Å². The van der Waals surface area contributed by atoms with Crippen LogP contribution in [0.25, 0.3) is 0 Å². The zero-order valence-electron chi connectivity index (χ0n) is 10.1. The molecule has 100 valence electrons. The third-order valence-corrected chi connectivity index (χ3v) is 5.10. The summed E-state index contributed by atoms with van der Waals surface area (Å²) in [6, 6.07) is 6.24. The fraction of sp³-hybridized carbons (Fsp3) is 0.500. The number of hydrogen-bond acceptors (Lipinski definition) is 3. The number of halogens is 1. The van der Waals surface area contributed by atoms with Gasteiger partial charge in [-0.1, -0.05) is 23.7 Å². The van der Waals surface area contributed by atoms with E-state index in [1.807, 2.05) is 0 Å². The molecule has 0 aliphatic heterocycles. The molecule has 1 aromatic carbocycles. The van der Waals surface area contributed by atoms with Gasteiger partial charge in [0.2, 0.25) is 10.0 Å². The molecular weight excluding hydrogens is 274 g/mol. The van der Waals surface area contributed by atoms with Gasteiger partial charge in [0.15, 0.2) is 0 Å². The van der Waals surface area contributed by atoms with Gasteiger partial charge in [-0.25, -0.2) is 13.1 Å². The normalized spacial score (nSPS) is 19.5. The molecule has 2 N–H and O–H groups in total. The molecule has 2 rings (SSSR count). The molecule has 1 fully saturated rings. The molecule has 1 aliphatic carbocycles. The summed E-state index contributed by atoms with van der Waals surface area (Å²) in [5.41, 5.74) is -0.992. The number of benzene rings is 1. The van der Waals surface area contributed by atoms with E-state index in [-0.39, 0.29) is 22.4 Å². The molecule has 0 amide bonds. The van der Waals surface area contributed by atoms with Gasteiger partial charge in [0.05, 0.1) is 10.6 Å². The number of rotatable bonds is 5. The summed E-state index contributed by atoms with van der Waals surface area (Å²) in [7, 11) is -3.67. The van der Waals surface area contributed by atoms with Crippen LogP contribution in [-0.4, -0.2) is 25.7 Å². The summed E-state index contributed by atoms with van der Waals surface area (Å²) in [6.45, 7) is 1.66. The molecule has 6 heteroatoms. The lowest BCUT2D eigenvalue weighted by Crippen LogP contribution is -2.42. The Labute approximate surface area is 112 Å². The highest BCUT2D eigenvalue weighted by atomic mass is 35.5. The van der Waals surface area contributed by atoms with Gasteiger partial charge in [-0.15, -0.1) is 0 Å². The highest BCUT2D eigenvalue weighted by molar-refractivity contribution is 7.89. The topological polar surface area (TPSA) is 66.4 Å². The van der Waals surface area contributed by atoms with Crippen molar-refractivity contribution in [3.05, 3.63) is 29.3 Å². The Kier molecular flexibility index (Phi) is 3.69. The molecular formula is C12H16ClNO3S. The standard InChI is InChI=1S/C12H16ClNO3S/c1-12(15,9-6-7-9)8-14-18(16,17)11-5-3-2-4-10(11)13/h2-5,9,14-15H,6-8H2,1H3/t12-/m0/s1. The van der Waals surface area contributed by atoms with E-state index in [2.05, 4.69) is 4.72 Å². The van der Waals surface area contributed by atoms with Gasteiger partial charge in [0, 0.05) is 6.54 Å². The number of hydrogen-bond donors (Lipinski definition) is 2. The minimum atomic E-state index is -3.67. The molecule has 0 unspecified atom stereocenters. The molecule has 4 nitrogen and oxygen atoms in total. The lowest BCUT2D eigenvalue weighted by Gasteiger charge is -2.23. The van der Waals surface area contributed by atoms with E-state index in [1.54, 1.807) is 19.1 Å². The molecule has 1 atom stereocenters. The van der Waals surface area contributed by atoms with E-state index in [1.165, 1.54) is 12.1 Å². The van der Waals surface area contributed by atoms with Crippen LogP contribution < -0.4 is 4.72 Å². The predicted octanol–water partition coefficient (Wildman–Crippen LogP) is 1.78. The summed E-state index contributed by atoms with van der Waals surface area (Å²) in [4.78, 5) is 0.0401. The van der Waals surface area contributed by atoms with E-state index in [9.17, 15) is 13.5 Å². The zero-order chi connectivity index (χ0) is 13.4. The van der Waals surface area contributed by atoms with Crippen molar-refractivity contribution in [3.8, 4) is 0 Å². The lowest BCUT2D eigenvalue weighted by atomic mass is 10.0. The summed E-state index contributed by atoms with van der Waals surface area (Å²) < 4.78 is 26.5. The smallest absolute Gasteiger partial charge is 0.242 e. The molecule has 0 bridgehead atoms. The minimum absolute atomic E-state index is 0.00518. The van der Waals surface area contributed by atoms with Gasteiger partial charge in [0.25, 0.3) is 0 Å². The summed E-state index contributed by atoms with van der Waals surface area (Å²) in [6.07, 6.45) is 1.89. The van der Waals surface area contributed by atoms with Gasteiger partial charge >= 0.3 is 0 Å². The molecule has 0 heterocycles. The first-order chi connectivity index (χ1) is 8.33. The van der Waals surface area contributed by atoms with Crippen molar-refractivity contribution >= 4 is 21.6 Å². The molecule has 0 saturated heterocycles. The Bertz CT molecular complexity index is 538. The molecule has 18 heavy (non-hydrogen) atoms. The van der Waals surface area contributed by atoms with Crippen LogP contribution in [0.15, 0.2) is 29.2 Å². The average molecular weight is 290 g/mol. The van der Waals surface area contributed by atoms with E-state index >= 15 is 0 Å². The minimum Gasteiger partial charge on any atom is -0.389 e. The molecule has 0 aromatic heterocycles. The van der Waals surface area contributed by atoms with Gasteiger partial charge in [-0.3, -0.25) is 0 Å². The van der Waals surface area contributed by atoms with Gasteiger partial charge in [-0.2, -0.15) is 0 Å². The van der Waals surface area contributed by atoms with E-state index in [4.69, 9.17) is 11.6 Å². The maximum absolute atomic E-state index is 12.0. The summed E-state index contributed by atoms with van der Waals surface area (Å²) in [5.74, 6) is 0.187. The molecule has 1 aliphatic rings. The van der Waals surface area contributed by atoms with Crippen molar-refractivity contribution in [2.45, 2.75) is 30.3 Å². The second-order valence-corrected chi connectivity index (χ2v) is 7.03. The summed E-state index contributed by atoms with van der Waals surface area (Å²) >= 11 is 5.85. The van der Waals surface area contributed by atoms with Crippen LogP contribution in [0.2, 0.25) is 5.02 Å². The first kappa shape index (κ1) is 13.8. The van der Waals surface area contributed by atoms with Crippen LogP contribution in [-0.2, 0) is 10.0 Å². The number of sulfonamides is 1. The molecule has 1 saturated carbocycles. The number of nitrogens with one attached hydrogen (secondary N) is 1. The van der Waals surface area contributed by atoms with Crippen LogP contribution in [0, 0.1) is 5.92 Å². The highest BCUT2D eigenvalue weighted by Crippen LogP contribution is 2.39. The fourth-order valence-electron chi connectivity index (χ4n) is 1.83.